The molecule has 0 aromatic carbocycles. The molecule has 0 atom stereocenters. The summed E-state index contributed by atoms with van der Waals surface area (Å²) >= 11 is 1.30. The van der Waals surface area contributed by atoms with Gasteiger partial charge in [-0.1, -0.05) is 20.8 Å². The van der Waals surface area contributed by atoms with Gasteiger partial charge in [-0.3, -0.25) is 9.59 Å². The highest BCUT2D eigenvalue weighted by Gasteiger charge is 2.22. The maximum atomic E-state index is 12.1. The molecule has 1 aromatic rings. The van der Waals surface area contributed by atoms with Crippen LogP contribution in [0.15, 0.2) is 6.07 Å². The first-order valence-corrected chi connectivity index (χ1v) is 7.76. The van der Waals surface area contributed by atoms with Crippen molar-refractivity contribution in [2.75, 3.05) is 25.6 Å². The second kappa shape index (κ2) is 7.56. The van der Waals surface area contributed by atoms with E-state index in [1.54, 1.807) is 7.11 Å². The Balaban J connectivity index is 2.65. The average Bonchev–Trinajstić information content (AvgIpc) is 2.74. The lowest BCUT2D eigenvalue weighted by Gasteiger charge is -2.16. The molecule has 0 unspecified atom stereocenters. The Hall–Kier alpha value is -1.40. The van der Waals surface area contributed by atoms with E-state index in [-0.39, 0.29) is 11.8 Å². The summed E-state index contributed by atoms with van der Waals surface area (Å²) in [6.45, 7) is 8.63. The number of carbonyl (C=O) groups is 2. The van der Waals surface area contributed by atoms with Crippen molar-refractivity contribution in [3.05, 3.63) is 16.5 Å². The molecule has 0 aliphatic carbocycles. The summed E-state index contributed by atoms with van der Waals surface area (Å²) in [5.74, 6) is -0.166. The summed E-state index contributed by atoms with van der Waals surface area (Å²) in [4.78, 5) is 24.7. The van der Waals surface area contributed by atoms with E-state index in [0.29, 0.717) is 23.0 Å². The Morgan fingerprint density at radius 1 is 1.33 bits per heavy atom. The molecule has 0 radical (unpaired) electrons. The lowest BCUT2D eigenvalue weighted by Crippen LogP contribution is -2.27. The zero-order chi connectivity index (χ0) is 16.0. The van der Waals surface area contributed by atoms with Crippen molar-refractivity contribution >= 4 is 28.2 Å². The third kappa shape index (κ3) is 5.47. The van der Waals surface area contributed by atoms with Crippen molar-refractivity contribution in [1.82, 2.24) is 5.32 Å². The van der Waals surface area contributed by atoms with E-state index in [4.69, 9.17) is 4.74 Å². The van der Waals surface area contributed by atoms with E-state index in [1.165, 1.54) is 11.3 Å². The normalized spacial score (nSPS) is 11.3. The Morgan fingerprint density at radius 2 is 2.00 bits per heavy atom. The highest BCUT2D eigenvalue weighted by atomic mass is 32.1. The number of rotatable bonds is 6. The SMILES string of the molecule is COCCCNC(=O)c1sc(NC(=O)C(C)(C)C)cc1C. The predicted molar refractivity (Wildman–Crippen MR) is 86.0 cm³/mol. The number of thiophene rings is 1. The number of hydrogen-bond acceptors (Lipinski definition) is 4. The topological polar surface area (TPSA) is 67.4 Å². The summed E-state index contributed by atoms with van der Waals surface area (Å²) in [5.41, 5.74) is 0.411. The van der Waals surface area contributed by atoms with Crippen molar-refractivity contribution in [3.63, 3.8) is 0 Å². The summed E-state index contributed by atoms with van der Waals surface area (Å²) in [6.07, 6.45) is 0.778. The van der Waals surface area contributed by atoms with Gasteiger partial charge in [-0.2, -0.15) is 0 Å². The quantitative estimate of drug-likeness (QED) is 0.794. The third-order valence-electron chi connectivity index (χ3n) is 2.85. The van der Waals surface area contributed by atoms with Crippen LogP contribution in [0.2, 0.25) is 0 Å². The highest BCUT2D eigenvalue weighted by Crippen LogP contribution is 2.28. The Bertz CT molecular complexity index is 504. The van der Waals surface area contributed by atoms with Crippen LogP contribution in [0.25, 0.3) is 0 Å². The number of hydrogen-bond donors (Lipinski definition) is 2. The number of ether oxygens (including phenoxy) is 1. The fourth-order valence-electron chi connectivity index (χ4n) is 1.57. The van der Waals surface area contributed by atoms with Crippen LogP contribution in [0.1, 0.15) is 42.4 Å². The van der Waals surface area contributed by atoms with Crippen molar-refractivity contribution in [2.45, 2.75) is 34.1 Å². The third-order valence-corrected chi connectivity index (χ3v) is 4.00. The fourth-order valence-corrected chi connectivity index (χ4v) is 2.55. The number of methoxy groups -OCH3 is 1. The summed E-state index contributed by atoms with van der Waals surface area (Å²) < 4.78 is 4.94. The van der Waals surface area contributed by atoms with Gasteiger partial charge in [0.25, 0.3) is 5.91 Å². The van der Waals surface area contributed by atoms with Gasteiger partial charge in [-0.05, 0) is 25.0 Å². The molecule has 0 aliphatic rings. The molecule has 1 heterocycles. The molecule has 21 heavy (non-hydrogen) atoms. The molecule has 0 saturated heterocycles. The zero-order valence-electron chi connectivity index (χ0n) is 13.3. The maximum Gasteiger partial charge on any atom is 0.261 e. The largest absolute Gasteiger partial charge is 0.385 e. The van der Waals surface area contributed by atoms with Gasteiger partial charge in [-0.25, -0.2) is 0 Å². The minimum Gasteiger partial charge on any atom is -0.385 e. The maximum absolute atomic E-state index is 12.1. The smallest absolute Gasteiger partial charge is 0.261 e. The molecular weight excluding hydrogens is 288 g/mol. The second-order valence-electron chi connectivity index (χ2n) is 5.93. The molecule has 5 nitrogen and oxygen atoms in total. The van der Waals surface area contributed by atoms with Gasteiger partial charge in [0.15, 0.2) is 0 Å². The molecule has 1 aromatic heterocycles. The molecule has 0 fully saturated rings. The van der Waals surface area contributed by atoms with Gasteiger partial charge in [0, 0.05) is 25.7 Å². The van der Waals surface area contributed by atoms with Gasteiger partial charge in [-0.15, -0.1) is 11.3 Å². The van der Waals surface area contributed by atoms with Gasteiger partial charge in [0.2, 0.25) is 5.91 Å². The van der Waals surface area contributed by atoms with Crippen molar-refractivity contribution in [1.29, 1.82) is 0 Å². The average molecular weight is 312 g/mol. The summed E-state index contributed by atoms with van der Waals surface area (Å²) in [5, 5.41) is 6.41. The number of anilines is 1. The molecule has 1 rings (SSSR count). The van der Waals surface area contributed by atoms with E-state index in [1.807, 2.05) is 33.8 Å². The number of aryl methyl sites for hydroxylation is 1. The van der Waals surface area contributed by atoms with Gasteiger partial charge in [0.05, 0.1) is 9.88 Å². The Labute approximate surface area is 130 Å². The lowest BCUT2D eigenvalue weighted by atomic mass is 9.96. The van der Waals surface area contributed by atoms with Crippen molar-refractivity contribution in [3.8, 4) is 0 Å². The molecule has 0 spiro atoms. The summed E-state index contributed by atoms with van der Waals surface area (Å²) in [6, 6.07) is 1.83. The first-order chi connectivity index (χ1) is 9.75. The van der Waals surface area contributed by atoms with Crippen LogP contribution in [0.5, 0.6) is 0 Å². The van der Waals surface area contributed by atoms with E-state index < -0.39 is 5.41 Å². The molecule has 2 amide bonds. The Morgan fingerprint density at radius 3 is 2.57 bits per heavy atom. The van der Waals surface area contributed by atoms with Gasteiger partial charge < -0.3 is 15.4 Å². The second-order valence-corrected chi connectivity index (χ2v) is 6.98. The van der Waals surface area contributed by atoms with Crippen molar-refractivity contribution < 1.29 is 14.3 Å². The van der Waals surface area contributed by atoms with Crippen molar-refractivity contribution in [2.24, 2.45) is 5.41 Å². The van der Waals surface area contributed by atoms with Crippen LogP contribution >= 0.6 is 11.3 Å². The van der Waals surface area contributed by atoms with Crippen LogP contribution in [-0.2, 0) is 9.53 Å². The molecule has 0 aliphatic heterocycles. The molecular formula is C15H24N2O3S. The monoisotopic (exact) mass is 312 g/mol. The molecule has 6 heteroatoms. The molecule has 2 N–H and O–H groups in total. The minimum absolute atomic E-state index is 0.0594. The minimum atomic E-state index is -0.458. The number of carbonyl (C=O) groups excluding carboxylic acids is 2. The van der Waals surface area contributed by atoms with E-state index >= 15 is 0 Å². The number of nitrogens with one attached hydrogen (secondary N) is 2. The van der Waals surface area contributed by atoms with E-state index in [9.17, 15) is 9.59 Å². The standard InChI is InChI=1S/C15H24N2O3S/c1-10-9-11(17-14(19)15(2,3)4)21-12(10)13(18)16-7-6-8-20-5/h9H,6-8H2,1-5H3,(H,16,18)(H,17,19). The molecule has 118 valence electrons. The lowest BCUT2D eigenvalue weighted by molar-refractivity contribution is -0.123. The zero-order valence-corrected chi connectivity index (χ0v) is 14.1. The van der Waals surface area contributed by atoms with Crippen LogP contribution in [0.3, 0.4) is 0 Å². The van der Waals surface area contributed by atoms with E-state index in [0.717, 1.165) is 12.0 Å². The highest BCUT2D eigenvalue weighted by molar-refractivity contribution is 7.18. The Kier molecular flexibility index (Phi) is 6.36. The molecule has 0 saturated carbocycles. The predicted octanol–water partition coefficient (Wildman–Crippen LogP) is 2.81. The van der Waals surface area contributed by atoms with Gasteiger partial charge in [0.1, 0.15) is 0 Å². The van der Waals surface area contributed by atoms with Crippen LogP contribution < -0.4 is 10.6 Å². The van der Waals surface area contributed by atoms with Gasteiger partial charge >= 0.3 is 0 Å². The fraction of sp³-hybridized carbons (Fsp3) is 0.600. The molecule has 0 bridgehead atoms. The van der Waals surface area contributed by atoms with Crippen LogP contribution in [0, 0.1) is 12.3 Å². The van der Waals surface area contributed by atoms with E-state index in [2.05, 4.69) is 10.6 Å². The van der Waals surface area contributed by atoms with Crippen LogP contribution in [0.4, 0.5) is 5.00 Å². The summed E-state index contributed by atoms with van der Waals surface area (Å²) in [7, 11) is 1.63. The first kappa shape index (κ1) is 17.7. The van der Waals surface area contributed by atoms with Crippen LogP contribution in [-0.4, -0.2) is 32.1 Å². The number of amides is 2. The first-order valence-electron chi connectivity index (χ1n) is 6.94.